The minimum absolute atomic E-state index is 0.326. The van der Waals surface area contributed by atoms with Gasteiger partial charge in [-0.15, -0.1) is 0 Å². The maximum atomic E-state index is 5.89. The summed E-state index contributed by atoms with van der Waals surface area (Å²) >= 11 is 0. The third kappa shape index (κ3) is 4.33. The van der Waals surface area contributed by atoms with Crippen LogP contribution >= 0.6 is 0 Å². The molecule has 0 aliphatic carbocycles. The first-order chi connectivity index (χ1) is 10.1. The Morgan fingerprint density at radius 1 is 1.24 bits per heavy atom. The van der Waals surface area contributed by atoms with Crippen molar-refractivity contribution < 1.29 is 4.74 Å². The number of hydrogen-bond acceptors (Lipinski definition) is 3. The molecular formula is C17H25N3O. The number of ether oxygens (including phenoxy) is 1. The monoisotopic (exact) mass is 287 g/mol. The Balaban J connectivity index is 2.06. The molecule has 2 rings (SSSR count). The zero-order valence-corrected chi connectivity index (χ0v) is 13.3. The van der Waals surface area contributed by atoms with E-state index in [9.17, 15) is 0 Å². The number of rotatable bonds is 7. The second-order valence-corrected chi connectivity index (χ2v) is 5.60. The average molecular weight is 287 g/mol. The van der Waals surface area contributed by atoms with Crippen LogP contribution in [0.4, 0.5) is 0 Å². The maximum absolute atomic E-state index is 5.89. The molecule has 1 atom stereocenters. The summed E-state index contributed by atoms with van der Waals surface area (Å²) < 4.78 is 7.79. The minimum Gasteiger partial charge on any atom is -0.454 e. The molecule has 0 amide bonds. The Morgan fingerprint density at radius 2 is 2.05 bits per heavy atom. The lowest BCUT2D eigenvalue weighted by Gasteiger charge is -2.14. The van der Waals surface area contributed by atoms with E-state index in [-0.39, 0.29) is 0 Å². The molecule has 1 aromatic carbocycles. The normalized spacial score (nSPS) is 12.6. The highest BCUT2D eigenvalue weighted by atomic mass is 16.5. The molecule has 1 unspecified atom stereocenters. The fourth-order valence-electron chi connectivity index (χ4n) is 2.12. The van der Waals surface area contributed by atoms with E-state index in [1.165, 1.54) is 5.56 Å². The van der Waals surface area contributed by atoms with Crippen LogP contribution in [-0.4, -0.2) is 16.3 Å². The number of aromatic nitrogens is 2. The molecule has 0 spiro atoms. The standard InChI is InChI=1S/C17H25N3O/c1-5-9-18-14(4)15-7-6-8-16(10-15)21-17-11-19-20(12-17)13(2)3/h6-8,10-14,18H,5,9H2,1-4H3. The molecule has 4 heteroatoms. The van der Waals surface area contributed by atoms with Crippen molar-refractivity contribution in [2.75, 3.05) is 6.54 Å². The van der Waals surface area contributed by atoms with Crippen molar-refractivity contribution in [2.24, 2.45) is 0 Å². The van der Waals surface area contributed by atoms with Crippen LogP contribution in [0.2, 0.25) is 0 Å². The zero-order valence-electron chi connectivity index (χ0n) is 13.3. The maximum Gasteiger partial charge on any atom is 0.165 e. The number of nitrogens with one attached hydrogen (secondary N) is 1. The molecule has 0 saturated heterocycles. The summed E-state index contributed by atoms with van der Waals surface area (Å²) in [7, 11) is 0. The summed E-state index contributed by atoms with van der Waals surface area (Å²) in [4.78, 5) is 0. The molecule has 1 N–H and O–H groups in total. The largest absolute Gasteiger partial charge is 0.454 e. The minimum atomic E-state index is 0.326. The van der Waals surface area contributed by atoms with Crippen LogP contribution in [0.3, 0.4) is 0 Å². The van der Waals surface area contributed by atoms with Gasteiger partial charge in [-0.2, -0.15) is 5.10 Å². The molecule has 114 valence electrons. The van der Waals surface area contributed by atoms with E-state index in [1.807, 2.05) is 23.0 Å². The van der Waals surface area contributed by atoms with Crippen LogP contribution < -0.4 is 10.1 Å². The van der Waals surface area contributed by atoms with Crippen LogP contribution in [-0.2, 0) is 0 Å². The fraction of sp³-hybridized carbons (Fsp3) is 0.471. The van der Waals surface area contributed by atoms with Crippen LogP contribution in [0.25, 0.3) is 0 Å². The summed E-state index contributed by atoms with van der Waals surface area (Å²) in [6.45, 7) is 9.56. The lowest BCUT2D eigenvalue weighted by atomic mass is 10.1. The Morgan fingerprint density at radius 3 is 2.71 bits per heavy atom. The van der Waals surface area contributed by atoms with Crippen molar-refractivity contribution in [2.45, 2.75) is 46.2 Å². The molecular weight excluding hydrogens is 262 g/mol. The fourth-order valence-corrected chi connectivity index (χ4v) is 2.12. The Kier molecular flexibility index (Phi) is 5.39. The second kappa shape index (κ2) is 7.27. The van der Waals surface area contributed by atoms with E-state index in [0.29, 0.717) is 12.1 Å². The van der Waals surface area contributed by atoms with Gasteiger partial charge in [0.25, 0.3) is 0 Å². The van der Waals surface area contributed by atoms with Crippen molar-refractivity contribution >= 4 is 0 Å². The van der Waals surface area contributed by atoms with E-state index in [4.69, 9.17) is 4.74 Å². The summed E-state index contributed by atoms with van der Waals surface area (Å²) in [6.07, 6.45) is 4.82. The number of benzene rings is 1. The average Bonchev–Trinajstić information content (AvgIpc) is 2.94. The second-order valence-electron chi connectivity index (χ2n) is 5.60. The molecule has 0 radical (unpaired) electrons. The Bertz CT molecular complexity index is 563. The molecule has 0 aliphatic heterocycles. The van der Waals surface area contributed by atoms with Gasteiger partial charge in [0.05, 0.1) is 12.4 Å². The first-order valence-electron chi connectivity index (χ1n) is 7.65. The topological polar surface area (TPSA) is 39.1 Å². The molecule has 0 saturated carbocycles. The molecule has 4 nitrogen and oxygen atoms in total. The van der Waals surface area contributed by atoms with Gasteiger partial charge in [-0.3, -0.25) is 4.68 Å². The van der Waals surface area contributed by atoms with Gasteiger partial charge in [0.2, 0.25) is 0 Å². The highest BCUT2D eigenvalue weighted by Crippen LogP contribution is 2.24. The predicted octanol–water partition coefficient (Wildman–Crippen LogP) is 4.32. The number of hydrogen-bond donors (Lipinski definition) is 1. The lowest BCUT2D eigenvalue weighted by Crippen LogP contribution is -2.19. The smallest absolute Gasteiger partial charge is 0.165 e. The van der Waals surface area contributed by atoms with Crippen molar-refractivity contribution in [3.63, 3.8) is 0 Å². The van der Waals surface area contributed by atoms with Crippen molar-refractivity contribution in [1.29, 1.82) is 0 Å². The van der Waals surface area contributed by atoms with Gasteiger partial charge in [0.15, 0.2) is 5.75 Å². The molecule has 0 bridgehead atoms. The molecule has 1 heterocycles. The van der Waals surface area contributed by atoms with E-state index < -0.39 is 0 Å². The van der Waals surface area contributed by atoms with Gasteiger partial charge in [-0.1, -0.05) is 19.1 Å². The van der Waals surface area contributed by atoms with E-state index in [1.54, 1.807) is 6.20 Å². The van der Waals surface area contributed by atoms with Crippen molar-refractivity contribution in [3.05, 3.63) is 42.2 Å². The number of nitrogens with zero attached hydrogens (tertiary/aromatic N) is 2. The van der Waals surface area contributed by atoms with Crippen LogP contribution in [0.15, 0.2) is 36.7 Å². The van der Waals surface area contributed by atoms with Gasteiger partial charge in [0.1, 0.15) is 5.75 Å². The van der Waals surface area contributed by atoms with Crippen LogP contribution in [0, 0.1) is 0 Å². The van der Waals surface area contributed by atoms with Gasteiger partial charge < -0.3 is 10.1 Å². The van der Waals surface area contributed by atoms with Gasteiger partial charge >= 0.3 is 0 Å². The molecule has 0 aliphatic rings. The summed E-state index contributed by atoms with van der Waals surface area (Å²) in [5, 5.41) is 7.78. The summed E-state index contributed by atoms with van der Waals surface area (Å²) in [5.41, 5.74) is 1.23. The van der Waals surface area contributed by atoms with E-state index in [0.717, 1.165) is 24.5 Å². The van der Waals surface area contributed by atoms with E-state index >= 15 is 0 Å². The Hall–Kier alpha value is -1.81. The van der Waals surface area contributed by atoms with Crippen LogP contribution in [0.5, 0.6) is 11.5 Å². The summed E-state index contributed by atoms with van der Waals surface area (Å²) in [5.74, 6) is 1.62. The van der Waals surface area contributed by atoms with E-state index in [2.05, 4.69) is 50.2 Å². The first kappa shape index (κ1) is 15.6. The molecule has 1 aromatic heterocycles. The molecule has 21 heavy (non-hydrogen) atoms. The first-order valence-corrected chi connectivity index (χ1v) is 7.65. The van der Waals surface area contributed by atoms with Crippen molar-refractivity contribution in [3.8, 4) is 11.5 Å². The highest BCUT2D eigenvalue weighted by Gasteiger charge is 2.07. The summed E-state index contributed by atoms with van der Waals surface area (Å²) in [6, 6.07) is 8.88. The third-order valence-corrected chi connectivity index (χ3v) is 3.40. The zero-order chi connectivity index (χ0) is 15.2. The SMILES string of the molecule is CCCNC(C)c1cccc(Oc2cnn(C(C)C)c2)c1. The van der Waals surface area contributed by atoms with Gasteiger partial charge in [0, 0.05) is 12.1 Å². The van der Waals surface area contributed by atoms with Gasteiger partial charge in [-0.25, -0.2) is 0 Å². The highest BCUT2D eigenvalue weighted by molar-refractivity contribution is 5.33. The van der Waals surface area contributed by atoms with Crippen LogP contribution in [0.1, 0.15) is 51.8 Å². The predicted molar refractivity (Wildman–Crippen MR) is 85.8 cm³/mol. The van der Waals surface area contributed by atoms with Crippen molar-refractivity contribution in [1.82, 2.24) is 15.1 Å². The molecule has 2 aromatic rings. The van der Waals surface area contributed by atoms with Gasteiger partial charge in [-0.05, 0) is 51.4 Å². The molecule has 0 fully saturated rings. The quantitative estimate of drug-likeness (QED) is 0.824. The third-order valence-electron chi connectivity index (χ3n) is 3.40. The lowest BCUT2D eigenvalue weighted by molar-refractivity contribution is 0.474. The Labute approximate surface area is 127 Å².